The van der Waals surface area contributed by atoms with E-state index in [0.29, 0.717) is 23.8 Å². The standard InChI is InChI=1S/C23H33N5O3S/c1-4-27(16(2)3)14-11-24-21(30)17-7-9-18(10-8-17)25-20(29)15-19-22(31)26-23(32-19)28-12-5-6-13-28/h7-10,16,19H,4-6,11-15H2,1-3H3,(H,24,30)(H,25,29). The summed E-state index contributed by atoms with van der Waals surface area (Å²) in [5.74, 6) is -0.611. The van der Waals surface area contributed by atoms with E-state index in [-0.39, 0.29) is 24.1 Å². The number of likely N-dealkylation sites (N-methyl/N-ethyl adjacent to an activating group) is 1. The van der Waals surface area contributed by atoms with Gasteiger partial charge < -0.3 is 15.5 Å². The first kappa shape index (κ1) is 24.3. The number of amidine groups is 1. The van der Waals surface area contributed by atoms with Crippen LogP contribution in [0.5, 0.6) is 0 Å². The predicted octanol–water partition coefficient (Wildman–Crippen LogP) is 2.57. The van der Waals surface area contributed by atoms with Crippen LogP contribution in [0.1, 0.15) is 50.4 Å². The number of likely N-dealkylation sites (tertiary alicyclic amines) is 1. The Bertz CT molecular complexity index is 850. The van der Waals surface area contributed by atoms with Crippen LogP contribution >= 0.6 is 11.8 Å². The molecule has 2 heterocycles. The summed E-state index contributed by atoms with van der Waals surface area (Å²) < 4.78 is 0. The average molecular weight is 460 g/mol. The molecule has 0 aliphatic carbocycles. The molecule has 1 saturated heterocycles. The zero-order valence-electron chi connectivity index (χ0n) is 19.1. The Hall–Kier alpha value is -2.39. The van der Waals surface area contributed by atoms with Crippen molar-refractivity contribution in [1.82, 2.24) is 15.1 Å². The molecule has 0 radical (unpaired) electrons. The van der Waals surface area contributed by atoms with E-state index in [2.05, 4.69) is 46.2 Å². The highest BCUT2D eigenvalue weighted by molar-refractivity contribution is 8.15. The molecular formula is C23H33N5O3S. The normalized spacial score (nSPS) is 18.4. The molecule has 1 aromatic carbocycles. The summed E-state index contributed by atoms with van der Waals surface area (Å²) >= 11 is 1.38. The molecule has 1 aromatic rings. The zero-order chi connectivity index (χ0) is 23.1. The molecule has 2 N–H and O–H groups in total. The van der Waals surface area contributed by atoms with Crippen molar-refractivity contribution in [3.8, 4) is 0 Å². The second kappa shape index (κ2) is 11.5. The minimum Gasteiger partial charge on any atom is -0.351 e. The van der Waals surface area contributed by atoms with E-state index in [0.717, 1.165) is 44.2 Å². The van der Waals surface area contributed by atoms with Crippen molar-refractivity contribution in [1.29, 1.82) is 0 Å². The molecule has 2 aliphatic heterocycles. The van der Waals surface area contributed by atoms with E-state index in [1.165, 1.54) is 11.8 Å². The number of rotatable bonds is 9. The molecular weight excluding hydrogens is 426 g/mol. The van der Waals surface area contributed by atoms with Crippen LogP contribution in [-0.2, 0) is 9.59 Å². The Morgan fingerprint density at radius 2 is 1.91 bits per heavy atom. The molecule has 9 heteroatoms. The number of thioether (sulfide) groups is 1. The van der Waals surface area contributed by atoms with Gasteiger partial charge in [-0.1, -0.05) is 18.7 Å². The van der Waals surface area contributed by atoms with Crippen molar-refractivity contribution >= 4 is 40.3 Å². The first-order valence-corrected chi connectivity index (χ1v) is 12.2. The summed E-state index contributed by atoms with van der Waals surface area (Å²) in [5, 5.41) is 6.02. The van der Waals surface area contributed by atoms with E-state index in [1.807, 2.05) is 0 Å². The molecule has 0 saturated carbocycles. The predicted molar refractivity (Wildman–Crippen MR) is 129 cm³/mol. The molecule has 2 aliphatic rings. The molecule has 8 nitrogen and oxygen atoms in total. The van der Waals surface area contributed by atoms with Crippen molar-refractivity contribution in [2.45, 2.75) is 51.3 Å². The Morgan fingerprint density at radius 1 is 1.22 bits per heavy atom. The van der Waals surface area contributed by atoms with Gasteiger partial charge in [-0.25, -0.2) is 0 Å². The van der Waals surface area contributed by atoms with E-state index in [9.17, 15) is 14.4 Å². The van der Waals surface area contributed by atoms with Gasteiger partial charge in [-0.05, 0) is 57.5 Å². The van der Waals surface area contributed by atoms with Gasteiger partial charge >= 0.3 is 0 Å². The molecule has 174 valence electrons. The van der Waals surface area contributed by atoms with Crippen LogP contribution in [0.4, 0.5) is 5.69 Å². The minimum atomic E-state index is -0.468. The van der Waals surface area contributed by atoms with Crippen LogP contribution in [0.3, 0.4) is 0 Å². The summed E-state index contributed by atoms with van der Waals surface area (Å²) in [5.41, 5.74) is 1.14. The Morgan fingerprint density at radius 3 is 2.53 bits per heavy atom. The molecule has 1 unspecified atom stereocenters. The maximum Gasteiger partial charge on any atom is 0.262 e. The van der Waals surface area contributed by atoms with Crippen molar-refractivity contribution in [2.75, 3.05) is 38.0 Å². The highest BCUT2D eigenvalue weighted by atomic mass is 32.2. The fourth-order valence-electron chi connectivity index (χ4n) is 3.83. The zero-order valence-corrected chi connectivity index (χ0v) is 19.9. The van der Waals surface area contributed by atoms with Crippen LogP contribution in [-0.4, -0.2) is 76.7 Å². The van der Waals surface area contributed by atoms with Crippen molar-refractivity contribution in [3.05, 3.63) is 29.8 Å². The second-order valence-electron chi connectivity index (χ2n) is 8.34. The Labute approximate surface area is 194 Å². The van der Waals surface area contributed by atoms with Gasteiger partial charge in [0.1, 0.15) is 5.25 Å². The van der Waals surface area contributed by atoms with Gasteiger partial charge in [-0.3, -0.25) is 19.3 Å². The van der Waals surface area contributed by atoms with Crippen molar-refractivity contribution in [2.24, 2.45) is 4.99 Å². The van der Waals surface area contributed by atoms with Crippen molar-refractivity contribution < 1.29 is 14.4 Å². The second-order valence-corrected chi connectivity index (χ2v) is 9.51. The Balaban J connectivity index is 1.43. The molecule has 1 fully saturated rings. The quantitative estimate of drug-likeness (QED) is 0.590. The van der Waals surface area contributed by atoms with Crippen molar-refractivity contribution in [3.63, 3.8) is 0 Å². The molecule has 1 atom stereocenters. The van der Waals surface area contributed by atoms with Crippen LogP contribution in [0.15, 0.2) is 29.3 Å². The first-order chi connectivity index (χ1) is 15.4. The van der Waals surface area contributed by atoms with Gasteiger partial charge in [0.2, 0.25) is 5.91 Å². The third-order valence-electron chi connectivity index (χ3n) is 5.73. The third-order valence-corrected chi connectivity index (χ3v) is 6.94. The summed E-state index contributed by atoms with van der Waals surface area (Å²) in [6.45, 7) is 10.6. The average Bonchev–Trinajstić information content (AvgIpc) is 3.41. The molecule has 3 rings (SSSR count). The van der Waals surface area contributed by atoms with Crippen LogP contribution in [0.25, 0.3) is 0 Å². The summed E-state index contributed by atoms with van der Waals surface area (Å²) in [6.07, 6.45) is 2.31. The first-order valence-electron chi connectivity index (χ1n) is 11.3. The number of benzene rings is 1. The van der Waals surface area contributed by atoms with Crippen LogP contribution in [0, 0.1) is 0 Å². The van der Waals surface area contributed by atoms with Gasteiger partial charge in [-0.2, -0.15) is 4.99 Å². The topological polar surface area (TPSA) is 94.1 Å². The molecule has 32 heavy (non-hydrogen) atoms. The van der Waals surface area contributed by atoms with Crippen LogP contribution in [0.2, 0.25) is 0 Å². The lowest BCUT2D eigenvalue weighted by Crippen LogP contribution is -2.38. The number of aliphatic imine (C=N–C) groups is 1. The molecule has 0 aromatic heterocycles. The maximum atomic E-state index is 12.4. The van der Waals surface area contributed by atoms with E-state index < -0.39 is 5.25 Å². The highest BCUT2D eigenvalue weighted by Gasteiger charge is 2.33. The largest absolute Gasteiger partial charge is 0.351 e. The number of carbonyl (C=O) groups is 3. The minimum absolute atomic E-state index is 0.0797. The number of anilines is 1. The van der Waals surface area contributed by atoms with Gasteiger partial charge in [-0.15, -0.1) is 0 Å². The van der Waals surface area contributed by atoms with E-state index in [4.69, 9.17) is 0 Å². The van der Waals surface area contributed by atoms with Crippen LogP contribution < -0.4 is 10.6 Å². The molecule has 0 spiro atoms. The molecule has 0 bridgehead atoms. The fraction of sp³-hybridized carbons (Fsp3) is 0.565. The smallest absolute Gasteiger partial charge is 0.262 e. The summed E-state index contributed by atoms with van der Waals surface area (Å²) in [7, 11) is 0. The van der Waals surface area contributed by atoms with Gasteiger partial charge in [0.15, 0.2) is 5.17 Å². The number of hydrogen-bond donors (Lipinski definition) is 2. The lowest BCUT2D eigenvalue weighted by molar-refractivity contribution is -0.121. The SMILES string of the molecule is CCN(CCNC(=O)c1ccc(NC(=O)CC2SC(N3CCCC3)=NC2=O)cc1)C(C)C. The van der Waals surface area contributed by atoms with Gasteiger partial charge in [0, 0.05) is 49.9 Å². The highest BCUT2D eigenvalue weighted by Crippen LogP contribution is 2.29. The van der Waals surface area contributed by atoms with E-state index >= 15 is 0 Å². The number of amides is 3. The third kappa shape index (κ3) is 6.56. The Kier molecular flexibility index (Phi) is 8.69. The van der Waals surface area contributed by atoms with E-state index in [1.54, 1.807) is 24.3 Å². The lowest BCUT2D eigenvalue weighted by Gasteiger charge is -2.24. The monoisotopic (exact) mass is 459 g/mol. The summed E-state index contributed by atoms with van der Waals surface area (Å²) in [4.78, 5) is 45.5. The molecule has 3 amide bonds. The number of nitrogens with zero attached hydrogens (tertiary/aromatic N) is 3. The maximum absolute atomic E-state index is 12.4. The lowest BCUT2D eigenvalue weighted by atomic mass is 10.2. The summed E-state index contributed by atoms with van der Waals surface area (Å²) in [6, 6.07) is 7.23. The number of hydrogen-bond acceptors (Lipinski definition) is 6. The van der Waals surface area contributed by atoms with Gasteiger partial charge in [0.05, 0.1) is 0 Å². The van der Waals surface area contributed by atoms with Gasteiger partial charge in [0.25, 0.3) is 11.8 Å². The number of nitrogens with one attached hydrogen (secondary N) is 2. The fourth-order valence-corrected chi connectivity index (χ4v) is 4.95. The number of carbonyl (C=O) groups excluding carboxylic acids is 3.